The lowest BCUT2D eigenvalue weighted by molar-refractivity contribution is 0.650. The van der Waals surface area contributed by atoms with Crippen molar-refractivity contribution in [3.8, 4) is 11.3 Å². The minimum Gasteiger partial charge on any atom is -0.337 e. The largest absolute Gasteiger partial charge is 0.337 e. The summed E-state index contributed by atoms with van der Waals surface area (Å²) in [7, 11) is 3.22. The molecule has 0 saturated carbocycles. The van der Waals surface area contributed by atoms with Gasteiger partial charge in [-0.05, 0) is 18.6 Å². The van der Waals surface area contributed by atoms with Crippen molar-refractivity contribution in [1.29, 1.82) is 0 Å². The van der Waals surface area contributed by atoms with E-state index in [0.717, 1.165) is 21.3 Å². The smallest absolute Gasteiger partial charge is 0.330 e. The maximum Gasteiger partial charge on any atom is 0.330 e. The Labute approximate surface area is 170 Å². The summed E-state index contributed by atoms with van der Waals surface area (Å²) in [4.78, 5) is 25.6. The van der Waals surface area contributed by atoms with Gasteiger partial charge in [0.05, 0.1) is 22.6 Å². The van der Waals surface area contributed by atoms with E-state index in [1.54, 1.807) is 7.05 Å². The summed E-state index contributed by atoms with van der Waals surface area (Å²) in [5.41, 5.74) is 2.84. The van der Waals surface area contributed by atoms with E-state index in [1.165, 1.54) is 16.2 Å². The van der Waals surface area contributed by atoms with E-state index in [9.17, 15) is 9.59 Å². The van der Waals surface area contributed by atoms with E-state index < -0.39 is 0 Å². The number of nitrogens with zero attached hydrogens (tertiary/aromatic N) is 3. The van der Waals surface area contributed by atoms with Gasteiger partial charge >= 0.3 is 5.69 Å². The molecule has 0 N–H and O–H groups in total. The summed E-state index contributed by atoms with van der Waals surface area (Å²) < 4.78 is 5.68. The zero-order valence-corrected chi connectivity index (χ0v) is 17.5. The van der Waals surface area contributed by atoms with Crippen LogP contribution >= 0.6 is 15.9 Å². The number of aromatic nitrogens is 3. The van der Waals surface area contributed by atoms with Crippen LogP contribution in [0, 0.1) is 0 Å². The molecule has 5 nitrogen and oxygen atoms in total. The molecule has 0 aliphatic rings. The molecule has 0 aliphatic heterocycles. The minimum atomic E-state index is -0.333. The molecule has 28 heavy (non-hydrogen) atoms. The molecule has 0 saturated heterocycles. The molecule has 0 spiro atoms. The van der Waals surface area contributed by atoms with Gasteiger partial charge in [0, 0.05) is 30.3 Å². The molecule has 4 rings (SSSR count). The van der Waals surface area contributed by atoms with Gasteiger partial charge in [-0.2, -0.15) is 0 Å². The average Bonchev–Trinajstić information content (AvgIpc) is 3.11. The highest BCUT2D eigenvalue weighted by Gasteiger charge is 2.23. The van der Waals surface area contributed by atoms with Crippen molar-refractivity contribution >= 4 is 26.8 Å². The van der Waals surface area contributed by atoms with Crippen molar-refractivity contribution in [2.45, 2.75) is 13.0 Å². The predicted molar refractivity (Wildman–Crippen MR) is 116 cm³/mol. The van der Waals surface area contributed by atoms with Gasteiger partial charge in [0.1, 0.15) is 0 Å². The van der Waals surface area contributed by atoms with Crippen LogP contribution < -0.4 is 11.2 Å². The summed E-state index contributed by atoms with van der Waals surface area (Å²) in [6.45, 7) is 2.09. The second-order valence-electron chi connectivity index (χ2n) is 6.92. The van der Waals surface area contributed by atoms with Crippen molar-refractivity contribution in [1.82, 2.24) is 13.7 Å². The summed E-state index contributed by atoms with van der Waals surface area (Å²) in [6, 6.07) is 17.9. The molecule has 0 fully saturated rings. The number of halogens is 1. The lowest BCUT2D eigenvalue weighted by Gasteiger charge is -2.19. The number of fused-ring (bicyclic) bond motifs is 1. The molecule has 0 bridgehead atoms. The Hall–Kier alpha value is -2.86. The maximum atomic E-state index is 13.1. The Morgan fingerprint density at radius 2 is 1.54 bits per heavy atom. The standard InChI is InChI=1S/C22H20BrN3O2/c1-14(15-9-5-4-6-10-15)26-13-18-19(21(27)25(3)22(28)24(18)2)20(26)16-11-7-8-12-17(16)23/h4-14H,1-3H3. The molecule has 2 aromatic heterocycles. The van der Waals surface area contributed by atoms with E-state index in [0.29, 0.717) is 10.9 Å². The Bertz CT molecular complexity index is 1300. The first-order valence-electron chi connectivity index (χ1n) is 9.02. The number of aryl methyl sites for hydroxylation is 1. The van der Waals surface area contributed by atoms with Crippen molar-refractivity contribution < 1.29 is 0 Å². The number of hydrogen-bond donors (Lipinski definition) is 0. The Morgan fingerprint density at radius 1 is 0.893 bits per heavy atom. The van der Waals surface area contributed by atoms with Crippen molar-refractivity contribution in [2.24, 2.45) is 14.1 Å². The summed E-state index contributed by atoms with van der Waals surface area (Å²) in [5.74, 6) is 0. The van der Waals surface area contributed by atoms with Crippen molar-refractivity contribution in [2.75, 3.05) is 0 Å². The van der Waals surface area contributed by atoms with Crippen molar-refractivity contribution in [3.05, 3.63) is 91.7 Å². The van der Waals surface area contributed by atoms with Gasteiger partial charge in [-0.1, -0.05) is 64.5 Å². The minimum absolute atomic E-state index is 0.0180. The SMILES string of the molecule is CC(c1ccccc1)n1cc2c(c1-c1ccccc1Br)c(=O)n(C)c(=O)n2C. The predicted octanol–water partition coefficient (Wildman–Crippen LogP) is 4.08. The van der Waals surface area contributed by atoms with Gasteiger partial charge in [-0.25, -0.2) is 4.79 Å². The molecule has 1 unspecified atom stereocenters. The van der Waals surface area contributed by atoms with E-state index >= 15 is 0 Å². The van der Waals surface area contributed by atoms with Crippen molar-refractivity contribution in [3.63, 3.8) is 0 Å². The van der Waals surface area contributed by atoms with Crippen LogP contribution in [-0.2, 0) is 14.1 Å². The summed E-state index contributed by atoms with van der Waals surface area (Å²) in [6.07, 6.45) is 1.91. The molecule has 0 amide bonds. The third kappa shape index (κ3) is 2.76. The van der Waals surface area contributed by atoms with E-state index in [4.69, 9.17) is 0 Å². The maximum absolute atomic E-state index is 13.1. The van der Waals surface area contributed by atoms with Crippen LogP contribution in [0.25, 0.3) is 22.2 Å². The molecule has 6 heteroatoms. The van der Waals surface area contributed by atoms with E-state index in [2.05, 4.69) is 39.6 Å². The summed E-state index contributed by atoms with van der Waals surface area (Å²) in [5, 5.41) is 0.541. The fourth-order valence-electron chi connectivity index (χ4n) is 3.68. The highest BCUT2D eigenvalue weighted by atomic mass is 79.9. The Balaban J connectivity index is 2.16. The first kappa shape index (κ1) is 18.5. The first-order chi connectivity index (χ1) is 13.4. The van der Waals surface area contributed by atoms with Crippen LogP contribution in [0.2, 0.25) is 0 Å². The normalized spacial score (nSPS) is 12.4. The van der Waals surface area contributed by atoms with E-state index in [-0.39, 0.29) is 17.3 Å². The van der Waals surface area contributed by atoms with Gasteiger partial charge in [-0.3, -0.25) is 13.9 Å². The van der Waals surface area contributed by atoms with Gasteiger partial charge < -0.3 is 4.57 Å². The third-order valence-electron chi connectivity index (χ3n) is 5.29. The monoisotopic (exact) mass is 437 g/mol. The second-order valence-corrected chi connectivity index (χ2v) is 7.77. The Kier molecular flexibility index (Phi) is 4.59. The molecule has 142 valence electrons. The molecular weight excluding hydrogens is 418 g/mol. The van der Waals surface area contributed by atoms with Gasteiger partial charge in [0.15, 0.2) is 0 Å². The van der Waals surface area contributed by atoms with Gasteiger partial charge in [0.2, 0.25) is 0 Å². The van der Waals surface area contributed by atoms with Gasteiger partial charge in [-0.15, -0.1) is 0 Å². The second kappa shape index (κ2) is 6.95. The average molecular weight is 438 g/mol. The summed E-state index contributed by atoms with van der Waals surface area (Å²) >= 11 is 3.63. The number of rotatable bonds is 3. The number of hydrogen-bond acceptors (Lipinski definition) is 2. The fourth-order valence-corrected chi connectivity index (χ4v) is 4.16. The Morgan fingerprint density at radius 3 is 2.21 bits per heavy atom. The molecular formula is C22H20BrN3O2. The quantitative estimate of drug-likeness (QED) is 0.484. The van der Waals surface area contributed by atoms with Crippen LogP contribution in [0.1, 0.15) is 18.5 Å². The fraction of sp³-hybridized carbons (Fsp3) is 0.182. The van der Waals surface area contributed by atoms with Crippen LogP contribution in [0.4, 0.5) is 0 Å². The highest BCUT2D eigenvalue weighted by molar-refractivity contribution is 9.10. The zero-order chi connectivity index (χ0) is 20.0. The molecule has 1 atom stereocenters. The van der Waals surface area contributed by atoms with Crippen LogP contribution in [0.15, 0.2) is 74.9 Å². The van der Waals surface area contributed by atoms with Crippen LogP contribution in [0.3, 0.4) is 0 Å². The highest BCUT2D eigenvalue weighted by Crippen LogP contribution is 2.36. The van der Waals surface area contributed by atoms with Crippen LogP contribution in [0.5, 0.6) is 0 Å². The van der Waals surface area contributed by atoms with Crippen LogP contribution in [-0.4, -0.2) is 13.7 Å². The molecule has 0 aliphatic carbocycles. The lowest BCUT2D eigenvalue weighted by atomic mass is 10.1. The zero-order valence-electron chi connectivity index (χ0n) is 15.9. The van der Waals surface area contributed by atoms with Gasteiger partial charge in [0.25, 0.3) is 5.56 Å². The molecule has 4 aromatic rings. The lowest BCUT2D eigenvalue weighted by Crippen LogP contribution is -2.36. The molecule has 2 heterocycles. The van der Waals surface area contributed by atoms with E-state index in [1.807, 2.05) is 48.7 Å². The number of benzene rings is 2. The molecule has 2 aromatic carbocycles. The third-order valence-corrected chi connectivity index (χ3v) is 5.99. The first-order valence-corrected chi connectivity index (χ1v) is 9.81. The topological polar surface area (TPSA) is 48.9 Å². The molecule has 0 radical (unpaired) electrons.